The van der Waals surface area contributed by atoms with Crippen LogP contribution in [0.15, 0.2) is 28.7 Å². The molecule has 1 saturated heterocycles. The number of benzene rings is 1. The van der Waals surface area contributed by atoms with Gasteiger partial charge in [0.05, 0.1) is 6.61 Å². The average molecular weight is 217 g/mol. The minimum atomic E-state index is 0.544. The molecule has 0 spiro atoms. The van der Waals surface area contributed by atoms with E-state index in [1.54, 1.807) is 0 Å². The van der Waals surface area contributed by atoms with Gasteiger partial charge in [-0.25, -0.2) is 0 Å². The molecule has 1 fully saturated rings. The first-order valence-electron chi connectivity index (χ1n) is 5.74. The minimum Gasteiger partial charge on any atom is -0.494 e. The Labute approximate surface area is 94.4 Å². The molecule has 0 aliphatic carbocycles. The third-order valence-electron chi connectivity index (χ3n) is 3.01. The Balaban J connectivity index is 1.96. The molecule has 1 aliphatic heterocycles. The number of hydrogen-bond acceptors (Lipinski definition) is 3. The summed E-state index contributed by atoms with van der Waals surface area (Å²) in [4.78, 5) is 0. The van der Waals surface area contributed by atoms with Crippen molar-refractivity contribution in [3.05, 3.63) is 30.0 Å². The van der Waals surface area contributed by atoms with Gasteiger partial charge in [0.25, 0.3) is 0 Å². The number of fused-ring (bicyclic) bond motifs is 1. The highest BCUT2D eigenvalue weighted by molar-refractivity contribution is 5.79. The summed E-state index contributed by atoms with van der Waals surface area (Å²) in [5.74, 6) is 2.51. The van der Waals surface area contributed by atoms with E-state index in [2.05, 4.69) is 17.4 Å². The van der Waals surface area contributed by atoms with Gasteiger partial charge in [0.1, 0.15) is 17.1 Å². The molecular weight excluding hydrogens is 202 g/mol. The van der Waals surface area contributed by atoms with Crippen LogP contribution < -0.4 is 10.1 Å². The maximum Gasteiger partial charge on any atom is 0.137 e. The van der Waals surface area contributed by atoms with Crippen molar-refractivity contribution in [1.82, 2.24) is 5.32 Å². The first-order chi connectivity index (χ1) is 7.86. The van der Waals surface area contributed by atoms with Crippen molar-refractivity contribution in [1.29, 1.82) is 0 Å². The summed E-state index contributed by atoms with van der Waals surface area (Å²) in [5.41, 5.74) is 0.924. The Morgan fingerprint density at radius 2 is 2.25 bits per heavy atom. The first-order valence-corrected chi connectivity index (χ1v) is 5.74. The Morgan fingerprint density at radius 1 is 1.38 bits per heavy atom. The zero-order valence-electron chi connectivity index (χ0n) is 9.32. The lowest BCUT2D eigenvalue weighted by atomic mass is 10.0. The van der Waals surface area contributed by atoms with Crippen molar-refractivity contribution >= 4 is 11.0 Å². The van der Waals surface area contributed by atoms with E-state index in [1.165, 1.54) is 0 Å². The van der Waals surface area contributed by atoms with Crippen molar-refractivity contribution in [3.8, 4) is 5.75 Å². The van der Waals surface area contributed by atoms with Crippen LogP contribution in [0.25, 0.3) is 11.0 Å². The van der Waals surface area contributed by atoms with E-state index in [0.717, 1.165) is 35.6 Å². The van der Waals surface area contributed by atoms with Crippen LogP contribution >= 0.6 is 0 Å². The van der Waals surface area contributed by atoms with Gasteiger partial charge in [-0.05, 0) is 25.1 Å². The minimum absolute atomic E-state index is 0.544. The number of ether oxygens (including phenoxy) is 1. The fourth-order valence-corrected chi connectivity index (χ4v) is 1.98. The smallest absolute Gasteiger partial charge is 0.137 e. The molecule has 1 N–H and O–H groups in total. The molecule has 0 amide bonds. The molecule has 3 heteroatoms. The van der Waals surface area contributed by atoms with Crippen LogP contribution in [0.1, 0.15) is 18.6 Å². The maximum atomic E-state index is 5.84. The van der Waals surface area contributed by atoms with Crippen LogP contribution in [-0.4, -0.2) is 19.7 Å². The maximum absolute atomic E-state index is 5.84. The summed E-state index contributed by atoms with van der Waals surface area (Å²) in [6.07, 6.45) is 0. The van der Waals surface area contributed by atoms with E-state index >= 15 is 0 Å². The van der Waals surface area contributed by atoms with Gasteiger partial charge in [-0.1, -0.05) is 0 Å². The van der Waals surface area contributed by atoms with Gasteiger partial charge in [-0.3, -0.25) is 0 Å². The summed E-state index contributed by atoms with van der Waals surface area (Å²) in [5, 5.41) is 4.41. The van der Waals surface area contributed by atoms with Gasteiger partial charge in [0.15, 0.2) is 0 Å². The van der Waals surface area contributed by atoms with Gasteiger partial charge in [-0.15, -0.1) is 0 Å². The monoisotopic (exact) mass is 217 g/mol. The normalized spacial score (nSPS) is 16.3. The van der Waals surface area contributed by atoms with Crippen LogP contribution in [0.2, 0.25) is 0 Å². The summed E-state index contributed by atoms with van der Waals surface area (Å²) in [7, 11) is 0. The van der Waals surface area contributed by atoms with E-state index in [4.69, 9.17) is 9.15 Å². The third kappa shape index (κ3) is 1.57. The van der Waals surface area contributed by atoms with Gasteiger partial charge < -0.3 is 14.5 Å². The molecule has 84 valence electrons. The molecule has 1 aromatic heterocycles. The van der Waals surface area contributed by atoms with Crippen LogP contribution in [-0.2, 0) is 0 Å². The van der Waals surface area contributed by atoms with E-state index in [1.807, 2.05) is 19.1 Å². The van der Waals surface area contributed by atoms with Crippen LogP contribution in [0.3, 0.4) is 0 Å². The van der Waals surface area contributed by atoms with Crippen LogP contribution in [0, 0.1) is 0 Å². The topological polar surface area (TPSA) is 34.4 Å². The number of nitrogens with one attached hydrogen (secondary N) is 1. The van der Waals surface area contributed by atoms with Gasteiger partial charge >= 0.3 is 0 Å². The summed E-state index contributed by atoms with van der Waals surface area (Å²) in [6, 6.07) is 8.15. The second kappa shape index (κ2) is 3.83. The lowest BCUT2D eigenvalue weighted by Gasteiger charge is -2.24. The lowest BCUT2D eigenvalue weighted by molar-refractivity contribution is 0.339. The second-order valence-electron chi connectivity index (χ2n) is 4.14. The molecule has 3 nitrogen and oxygen atoms in total. The van der Waals surface area contributed by atoms with Crippen LogP contribution in [0.4, 0.5) is 0 Å². The molecule has 16 heavy (non-hydrogen) atoms. The zero-order valence-corrected chi connectivity index (χ0v) is 9.32. The molecule has 0 atom stereocenters. The Hall–Kier alpha value is -1.48. The Morgan fingerprint density at radius 3 is 2.94 bits per heavy atom. The molecule has 0 unspecified atom stereocenters. The van der Waals surface area contributed by atoms with Crippen molar-refractivity contribution in [2.75, 3.05) is 19.7 Å². The summed E-state index contributed by atoms with van der Waals surface area (Å²) >= 11 is 0. The SMILES string of the molecule is CCOc1ccc2cc(C3CNC3)oc2c1. The predicted molar refractivity (Wildman–Crippen MR) is 63.0 cm³/mol. The molecule has 1 aliphatic rings. The van der Waals surface area contributed by atoms with Crippen molar-refractivity contribution < 1.29 is 9.15 Å². The largest absolute Gasteiger partial charge is 0.494 e. The molecule has 2 heterocycles. The van der Waals surface area contributed by atoms with E-state index < -0.39 is 0 Å². The van der Waals surface area contributed by atoms with Gasteiger partial charge in [-0.2, -0.15) is 0 Å². The van der Waals surface area contributed by atoms with Gasteiger partial charge in [0.2, 0.25) is 0 Å². The number of hydrogen-bond donors (Lipinski definition) is 1. The van der Waals surface area contributed by atoms with E-state index in [9.17, 15) is 0 Å². The van der Waals surface area contributed by atoms with Gasteiger partial charge in [0, 0.05) is 30.5 Å². The molecule has 1 aromatic carbocycles. The molecular formula is C13H15NO2. The highest BCUT2D eigenvalue weighted by Gasteiger charge is 2.22. The third-order valence-corrected chi connectivity index (χ3v) is 3.01. The highest BCUT2D eigenvalue weighted by Crippen LogP contribution is 2.29. The second-order valence-corrected chi connectivity index (χ2v) is 4.14. The number of rotatable bonds is 3. The quantitative estimate of drug-likeness (QED) is 0.857. The standard InChI is InChI=1S/C13H15NO2/c1-2-15-11-4-3-9-5-12(10-7-14-8-10)16-13(9)6-11/h3-6,10,14H,2,7-8H2,1H3. The first kappa shape index (κ1) is 9.73. The highest BCUT2D eigenvalue weighted by atomic mass is 16.5. The molecule has 0 bridgehead atoms. The fraction of sp³-hybridized carbons (Fsp3) is 0.385. The number of furan rings is 1. The fourth-order valence-electron chi connectivity index (χ4n) is 1.98. The van der Waals surface area contributed by atoms with E-state index in [0.29, 0.717) is 12.5 Å². The molecule has 0 radical (unpaired) electrons. The van der Waals surface area contributed by atoms with Crippen molar-refractivity contribution in [2.45, 2.75) is 12.8 Å². The Kier molecular flexibility index (Phi) is 2.33. The molecule has 0 saturated carbocycles. The van der Waals surface area contributed by atoms with Crippen LogP contribution in [0.5, 0.6) is 5.75 Å². The zero-order chi connectivity index (χ0) is 11.0. The van der Waals surface area contributed by atoms with E-state index in [-0.39, 0.29) is 0 Å². The molecule has 2 aromatic rings. The average Bonchev–Trinajstić information content (AvgIpc) is 2.57. The van der Waals surface area contributed by atoms with Crippen molar-refractivity contribution in [2.24, 2.45) is 0 Å². The summed E-state index contributed by atoms with van der Waals surface area (Å²) < 4.78 is 11.3. The lowest BCUT2D eigenvalue weighted by Crippen LogP contribution is -2.39. The Bertz CT molecular complexity index is 500. The predicted octanol–water partition coefficient (Wildman–Crippen LogP) is 2.52. The molecule has 3 rings (SSSR count). The summed E-state index contributed by atoms with van der Waals surface area (Å²) in [6.45, 7) is 4.72. The van der Waals surface area contributed by atoms with Crippen molar-refractivity contribution in [3.63, 3.8) is 0 Å².